The molecule has 1 aliphatic heterocycles. The van der Waals surface area contributed by atoms with Crippen LogP contribution in [0.15, 0.2) is 28.8 Å². The standard InChI is InChI=1S/C17H21N3O4/c1-11(2)16-18-15(19-24-16)14-10-20(8-9-23-14)17(21)12-4-6-13(22-3)7-5-12/h4-7,11,14H,8-10H2,1-3H3. The Labute approximate surface area is 140 Å². The zero-order chi connectivity index (χ0) is 17.1. The third-order valence-corrected chi connectivity index (χ3v) is 3.93. The van der Waals surface area contributed by atoms with E-state index in [4.69, 9.17) is 14.0 Å². The van der Waals surface area contributed by atoms with Gasteiger partial charge in [0.15, 0.2) is 0 Å². The Kier molecular flexibility index (Phi) is 4.80. The first-order chi connectivity index (χ1) is 11.6. The highest BCUT2D eigenvalue weighted by Gasteiger charge is 2.29. The van der Waals surface area contributed by atoms with E-state index in [-0.39, 0.29) is 17.9 Å². The van der Waals surface area contributed by atoms with Gasteiger partial charge in [-0.2, -0.15) is 4.98 Å². The molecule has 1 aromatic carbocycles. The number of carbonyl (C=O) groups is 1. The maximum absolute atomic E-state index is 12.7. The molecule has 0 N–H and O–H groups in total. The fraction of sp³-hybridized carbons (Fsp3) is 0.471. The molecule has 1 aromatic heterocycles. The van der Waals surface area contributed by atoms with Crippen LogP contribution in [0.5, 0.6) is 5.75 Å². The second-order valence-corrected chi connectivity index (χ2v) is 5.98. The molecule has 1 fully saturated rings. The van der Waals surface area contributed by atoms with Gasteiger partial charge in [0.05, 0.1) is 20.3 Å². The van der Waals surface area contributed by atoms with E-state index < -0.39 is 0 Å². The Bertz CT molecular complexity index is 696. The highest BCUT2D eigenvalue weighted by molar-refractivity contribution is 5.94. The van der Waals surface area contributed by atoms with Gasteiger partial charge in [0, 0.05) is 18.0 Å². The molecular formula is C17H21N3O4. The lowest BCUT2D eigenvalue weighted by Gasteiger charge is -2.31. The molecule has 1 amide bonds. The molecule has 0 aliphatic carbocycles. The van der Waals surface area contributed by atoms with Crippen molar-refractivity contribution in [2.75, 3.05) is 26.8 Å². The fourth-order valence-electron chi connectivity index (χ4n) is 2.52. The summed E-state index contributed by atoms with van der Waals surface area (Å²) in [6, 6.07) is 7.08. The number of morpholine rings is 1. The summed E-state index contributed by atoms with van der Waals surface area (Å²) < 4.78 is 16.1. The summed E-state index contributed by atoms with van der Waals surface area (Å²) in [6.07, 6.45) is -0.364. The summed E-state index contributed by atoms with van der Waals surface area (Å²) in [7, 11) is 1.60. The first-order valence-corrected chi connectivity index (χ1v) is 7.97. The van der Waals surface area contributed by atoms with Crippen molar-refractivity contribution in [2.24, 2.45) is 0 Å². The van der Waals surface area contributed by atoms with E-state index in [1.807, 2.05) is 13.8 Å². The first-order valence-electron chi connectivity index (χ1n) is 7.97. The number of benzene rings is 1. The van der Waals surface area contributed by atoms with Crippen LogP contribution in [-0.4, -0.2) is 47.8 Å². The maximum atomic E-state index is 12.7. The minimum atomic E-state index is -0.364. The summed E-state index contributed by atoms with van der Waals surface area (Å²) in [6.45, 7) is 5.35. The third kappa shape index (κ3) is 3.41. The molecular weight excluding hydrogens is 310 g/mol. The quantitative estimate of drug-likeness (QED) is 0.856. The van der Waals surface area contributed by atoms with Crippen molar-refractivity contribution in [3.63, 3.8) is 0 Å². The maximum Gasteiger partial charge on any atom is 0.254 e. The number of carbonyl (C=O) groups excluding carboxylic acids is 1. The Morgan fingerprint density at radius 3 is 2.71 bits per heavy atom. The van der Waals surface area contributed by atoms with Crippen LogP contribution in [0.25, 0.3) is 0 Å². The van der Waals surface area contributed by atoms with Crippen molar-refractivity contribution in [2.45, 2.75) is 25.9 Å². The van der Waals surface area contributed by atoms with E-state index in [9.17, 15) is 4.79 Å². The molecule has 0 spiro atoms. The molecule has 2 heterocycles. The summed E-state index contributed by atoms with van der Waals surface area (Å²) in [5, 5.41) is 3.98. The summed E-state index contributed by atoms with van der Waals surface area (Å²) >= 11 is 0. The van der Waals surface area contributed by atoms with Crippen LogP contribution in [0.2, 0.25) is 0 Å². The van der Waals surface area contributed by atoms with Crippen LogP contribution in [0.1, 0.15) is 47.9 Å². The molecule has 24 heavy (non-hydrogen) atoms. The average Bonchev–Trinajstić information content (AvgIpc) is 3.12. The van der Waals surface area contributed by atoms with Gasteiger partial charge < -0.3 is 18.9 Å². The lowest BCUT2D eigenvalue weighted by molar-refractivity contribution is -0.0276. The summed E-state index contributed by atoms with van der Waals surface area (Å²) in [5.74, 6) is 1.91. The van der Waals surface area contributed by atoms with E-state index in [1.54, 1.807) is 36.3 Å². The summed E-state index contributed by atoms with van der Waals surface area (Å²) in [5.41, 5.74) is 0.618. The van der Waals surface area contributed by atoms with Crippen molar-refractivity contribution in [1.29, 1.82) is 0 Å². The van der Waals surface area contributed by atoms with Gasteiger partial charge in [-0.1, -0.05) is 19.0 Å². The van der Waals surface area contributed by atoms with Crippen molar-refractivity contribution in [1.82, 2.24) is 15.0 Å². The van der Waals surface area contributed by atoms with Gasteiger partial charge in [0.1, 0.15) is 11.9 Å². The van der Waals surface area contributed by atoms with E-state index in [2.05, 4.69) is 10.1 Å². The second-order valence-electron chi connectivity index (χ2n) is 5.98. The van der Waals surface area contributed by atoms with Gasteiger partial charge in [-0.05, 0) is 24.3 Å². The largest absolute Gasteiger partial charge is 0.497 e. The number of hydrogen-bond donors (Lipinski definition) is 0. The van der Waals surface area contributed by atoms with E-state index in [0.717, 1.165) is 5.75 Å². The predicted molar refractivity (Wildman–Crippen MR) is 86.0 cm³/mol. The topological polar surface area (TPSA) is 77.7 Å². The smallest absolute Gasteiger partial charge is 0.254 e. The minimum Gasteiger partial charge on any atom is -0.497 e. The van der Waals surface area contributed by atoms with Crippen LogP contribution in [0.3, 0.4) is 0 Å². The molecule has 0 saturated carbocycles. The molecule has 1 unspecified atom stereocenters. The summed E-state index contributed by atoms with van der Waals surface area (Å²) in [4.78, 5) is 18.8. The van der Waals surface area contributed by atoms with Crippen LogP contribution in [0, 0.1) is 0 Å². The molecule has 2 aromatic rings. The fourth-order valence-corrected chi connectivity index (χ4v) is 2.52. The molecule has 1 atom stereocenters. The highest BCUT2D eigenvalue weighted by atomic mass is 16.5. The van der Waals surface area contributed by atoms with Gasteiger partial charge in [0.25, 0.3) is 5.91 Å². The molecule has 0 bridgehead atoms. The Morgan fingerprint density at radius 2 is 2.08 bits per heavy atom. The van der Waals surface area contributed by atoms with Crippen molar-refractivity contribution in [3.05, 3.63) is 41.5 Å². The third-order valence-electron chi connectivity index (χ3n) is 3.93. The first kappa shape index (κ1) is 16.4. The monoisotopic (exact) mass is 331 g/mol. The van der Waals surface area contributed by atoms with Gasteiger partial charge in [-0.25, -0.2) is 0 Å². The molecule has 1 aliphatic rings. The molecule has 0 radical (unpaired) electrons. The van der Waals surface area contributed by atoms with Crippen LogP contribution < -0.4 is 4.74 Å². The van der Waals surface area contributed by atoms with Crippen LogP contribution in [0.4, 0.5) is 0 Å². The van der Waals surface area contributed by atoms with Gasteiger partial charge in [0.2, 0.25) is 11.7 Å². The van der Waals surface area contributed by atoms with Crippen LogP contribution in [-0.2, 0) is 4.74 Å². The zero-order valence-electron chi connectivity index (χ0n) is 14.1. The highest BCUT2D eigenvalue weighted by Crippen LogP contribution is 2.23. The van der Waals surface area contributed by atoms with E-state index in [0.29, 0.717) is 37.0 Å². The van der Waals surface area contributed by atoms with Crippen molar-refractivity contribution in [3.8, 4) is 5.75 Å². The number of ether oxygens (including phenoxy) is 2. The predicted octanol–water partition coefficient (Wildman–Crippen LogP) is 2.42. The minimum absolute atomic E-state index is 0.0430. The number of nitrogens with zero attached hydrogens (tertiary/aromatic N) is 3. The van der Waals surface area contributed by atoms with Gasteiger partial charge in [-0.3, -0.25) is 4.79 Å². The SMILES string of the molecule is COc1ccc(C(=O)N2CCOC(c3noc(C(C)C)n3)C2)cc1. The number of methoxy groups -OCH3 is 1. The Morgan fingerprint density at radius 1 is 1.33 bits per heavy atom. The molecule has 7 heteroatoms. The Hall–Kier alpha value is -2.41. The average molecular weight is 331 g/mol. The van der Waals surface area contributed by atoms with E-state index >= 15 is 0 Å². The van der Waals surface area contributed by atoms with Gasteiger partial charge >= 0.3 is 0 Å². The van der Waals surface area contributed by atoms with Gasteiger partial charge in [-0.15, -0.1) is 0 Å². The Balaban J connectivity index is 1.70. The lowest BCUT2D eigenvalue weighted by atomic mass is 10.1. The number of hydrogen-bond acceptors (Lipinski definition) is 6. The molecule has 7 nitrogen and oxygen atoms in total. The van der Waals surface area contributed by atoms with E-state index in [1.165, 1.54) is 0 Å². The molecule has 3 rings (SSSR count). The van der Waals surface area contributed by atoms with Crippen molar-refractivity contribution < 1.29 is 18.8 Å². The molecule has 1 saturated heterocycles. The number of amides is 1. The lowest BCUT2D eigenvalue weighted by Crippen LogP contribution is -2.42. The number of aromatic nitrogens is 2. The number of rotatable bonds is 4. The second kappa shape index (κ2) is 7.00. The zero-order valence-corrected chi connectivity index (χ0v) is 14.1. The van der Waals surface area contributed by atoms with Crippen LogP contribution >= 0.6 is 0 Å². The normalized spacial score (nSPS) is 18.0. The molecule has 128 valence electrons. The van der Waals surface area contributed by atoms with Crippen molar-refractivity contribution >= 4 is 5.91 Å².